The lowest BCUT2D eigenvalue weighted by Gasteiger charge is -2.24. The molecule has 0 saturated heterocycles. The summed E-state index contributed by atoms with van der Waals surface area (Å²) >= 11 is 3.32. The number of anilines is 1. The average molecular weight is 326 g/mol. The molecule has 0 spiro atoms. The second-order valence-corrected chi connectivity index (χ2v) is 5.95. The summed E-state index contributed by atoms with van der Waals surface area (Å²) in [6, 6.07) is 6.77. The molecule has 1 N–H and O–H groups in total. The predicted molar refractivity (Wildman–Crippen MR) is 77.9 cm³/mol. The molecule has 0 amide bonds. The molecule has 6 heteroatoms. The number of hydrogen-bond donors (Lipinski definition) is 1. The van der Waals surface area contributed by atoms with Gasteiger partial charge in [-0.1, -0.05) is 13.8 Å². The molecule has 0 atom stereocenters. The Morgan fingerprint density at radius 2 is 2.21 bits per heavy atom. The van der Waals surface area contributed by atoms with E-state index in [1.807, 2.05) is 0 Å². The minimum Gasteiger partial charge on any atom is -0.384 e. The van der Waals surface area contributed by atoms with Crippen LogP contribution in [-0.2, 0) is 0 Å². The van der Waals surface area contributed by atoms with Gasteiger partial charge >= 0.3 is 0 Å². The van der Waals surface area contributed by atoms with E-state index in [0.717, 1.165) is 12.1 Å². The fraction of sp³-hybridized carbons (Fsp3) is 0.462. The Bertz CT molecular complexity index is 509. The van der Waals surface area contributed by atoms with Gasteiger partial charge in [0.1, 0.15) is 0 Å². The molecule has 0 unspecified atom stereocenters. The number of nitriles is 1. The average Bonchev–Trinajstić information content (AvgIpc) is 2.35. The van der Waals surface area contributed by atoms with Crippen molar-refractivity contribution in [3.05, 3.63) is 32.8 Å². The highest BCUT2D eigenvalue weighted by Crippen LogP contribution is 2.29. The van der Waals surface area contributed by atoms with Crippen molar-refractivity contribution < 1.29 is 4.92 Å². The van der Waals surface area contributed by atoms with Gasteiger partial charge in [-0.15, -0.1) is 0 Å². The van der Waals surface area contributed by atoms with E-state index in [-0.39, 0.29) is 11.1 Å². The normalized spacial score (nSPS) is 10.8. The monoisotopic (exact) mass is 325 g/mol. The van der Waals surface area contributed by atoms with Crippen LogP contribution in [0.1, 0.15) is 26.7 Å². The molecule has 5 nitrogen and oxygen atoms in total. The van der Waals surface area contributed by atoms with Gasteiger partial charge in [0.05, 0.1) is 11.0 Å². The van der Waals surface area contributed by atoms with Crippen LogP contribution >= 0.6 is 15.9 Å². The molecular formula is C13H16BrN3O2. The summed E-state index contributed by atoms with van der Waals surface area (Å²) in [4.78, 5) is 10.2. The van der Waals surface area contributed by atoms with Crippen molar-refractivity contribution >= 4 is 27.3 Å². The Balaban J connectivity index is 2.68. The number of nitro groups is 1. The molecular weight excluding hydrogens is 310 g/mol. The van der Waals surface area contributed by atoms with Gasteiger partial charge < -0.3 is 5.32 Å². The van der Waals surface area contributed by atoms with Gasteiger partial charge in [0, 0.05) is 35.3 Å². The standard InChI is InChI=1S/C13H16BrN3O2/c1-13(2,6-3-7-15)9-16-12-5-4-10(17(18)19)8-11(12)14/h4-5,8,16H,3,6,9H2,1-2H3. The van der Waals surface area contributed by atoms with Crippen molar-refractivity contribution in [1.29, 1.82) is 5.26 Å². The minimum absolute atomic E-state index is 0.00303. The zero-order valence-electron chi connectivity index (χ0n) is 10.9. The maximum atomic E-state index is 10.6. The SMILES string of the molecule is CC(C)(CCC#N)CNc1ccc([N+](=O)[O-])cc1Br. The zero-order chi connectivity index (χ0) is 14.5. The van der Waals surface area contributed by atoms with Crippen molar-refractivity contribution in [2.24, 2.45) is 5.41 Å². The first-order chi connectivity index (χ1) is 8.85. The predicted octanol–water partition coefficient (Wildman–Crippen LogP) is 4.10. The number of nitro benzene ring substituents is 1. The molecule has 0 aromatic heterocycles. The molecule has 0 saturated carbocycles. The first-order valence-corrected chi connectivity index (χ1v) is 6.70. The Kier molecular flexibility index (Phi) is 5.31. The van der Waals surface area contributed by atoms with Crippen molar-refractivity contribution in [3.8, 4) is 6.07 Å². The van der Waals surface area contributed by atoms with E-state index in [2.05, 4.69) is 41.2 Å². The molecule has 0 bridgehead atoms. The molecule has 19 heavy (non-hydrogen) atoms. The smallest absolute Gasteiger partial charge is 0.270 e. The third kappa shape index (κ3) is 4.87. The summed E-state index contributed by atoms with van der Waals surface area (Å²) in [5.74, 6) is 0. The first kappa shape index (κ1) is 15.4. The van der Waals surface area contributed by atoms with Crippen LogP contribution in [-0.4, -0.2) is 11.5 Å². The van der Waals surface area contributed by atoms with E-state index in [1.165, 1.54) is 12.1 Å². The summed E-state index contributed by atoms with van der Waals surface area (Å²) < 4.78 is 0.665. The highest BCUT2D eigenvalue weighted by Gasteiger charge is 2.18. The third-order valence-corrected chi connectivity index (χ3v) is 3.49. The van der Waals surface area contributed by atoms with Crippen molar-refractivity contribution in [3.63, 3.8) is 0 Å². The maximum Gasteiger partial charge on any atom is 0.270 e. The Morgan fingerprint density at radius 3 is 2.74 bits per heavy atom. The second kappa shape index (κ2) is 6.53. The summed E-state index contributed by atoms with van der Waals surface area (Å²) in [5.41, 5.74) is 0.869. The van der Waals surface area contributed by atoms with Gasteiger partial charge in [-0.05, 0) is 33.8 Å². The van der Waals surface area contributed by atoms with Gasteiger partial charge in [-0.3, -0.25) is 10.1 Å². The molecule has 0 aliphatic rings. The Morgan fingerprint density at radius 1 is 1.53 bits per heavy atom. The van der Waals surface area contributed by atoms with E-state index in [4.69, 9.17) is 5.26 Å². The maximum absolute atomic E-state index is 10.6. The first-order valence-electron chi connectivity index (χ1n) is 5.90. The fourth-order valence-electron chi connectivity index (χ4n) is 1.58. The molecule has 0 heterocycles. The molecule has 0 radical (unpaired) electrons. The molecule has 1 rings (SSSR count). The van der Waals surface area contributed by atoms with E-state index < -0.39 is 4.92 Å². The lowest BCUT2D eigenvalue weighted by Crippen LogP contribution is -2.23. The number of non-ortho nitro benzene ring substituents is 1. The summed E-state index contributed by atoms with van der Waals surface area (Å²) in [6.07, 6.45) is 1.33. The van der Waals surface area contributed by atoms with Crippen LogP contribution in [0.5, 0.6) is 0 Å². The molecule has 0 aliphatic carbocycles. The topological polar surface area (TPSA) is 79.0 Å². The number of nitrogens with one attached hydrogen (secondary N) is 1. The van der Waals surface area contributed by atoms with Gasteiger partial charge in [0.15, 0.2) is 0 Å². The van der Waals surface area contributed by atoms with Gasteiger partial charge in [-0.25, -0.2) is 0 Å². The zero-order valence-corrected chi connectivity index (χ0v) is 12.5. The van der Waals surface area contributed by atoms with Crippen LogP contribution in [0.25, 0.3) is 0 Å². The van der Waals surface area contributed by atoms with E-state index >= 15 is 0 Å². The van der Waals surface area contributed by atoms with E-state index in [1.54, 1.807) is 6.07 Å². The van der Waals surface area contributed by atoms with Gasteiger partial charge in [-0.2, -0.15) is 5.26 Å². The molecule has 0 fully saturated rings. The summed E-state index contributed by atoms with van der Waals surface area (Å²) in [7, 11) is 0. The molecule has 1 aromatic rings. The number of rotatable bonds is 6. The van der Waals surface area contributed by atoms with Gasteiger partial charge in [0.2, 0.25) is 0 Å². The highest BCUT2D eigenvalue weighted by molar-refractivity contribution is 9.10. The molecule has 0 aliphatic heterocycles. The molecule has 102 valence electrons. The van der Waals surface area contributed by atoms with Crippen LogP contribution < -0.4 is 5.32 Å². The van der Waals surface area contributed by atoms with Crippen molar-refractivity contribution in [2.45, 2.75) is 26.7 Å². The number of benzene rings is 1. The fourth-order valence-corrected chi connectivity index (χ4v) is 2.09. The lowest BCUT2D eigenvalue weighted by atomic mass is 9.88. The summed E-state index contributed by atoms with van der Waals surface area (Å²) in [5, 5.41) is 22.5. The minimum atomic E-state index is -0.425. The number of nitrogens with zero attached hydrogens (tertiary/aromatic N) is 2. The van der Waals surface area contributed by atoms with Crippen LogP contribution in [0.4, 0.5) is 11.4 Å². The Labute approximate surface area is 120 Å². The van der Waals surface area contributed by atoms with Crippen LogP contribution in [0.2, 0.25) is 0 Å². The number of halogens is 1. The van der Waals surface area contributed by atoms with E-state index in [9.17, 15) is 10.1 Å². The Hall–Kier alpha value is -1.61. The number of hydrogen-bond acceptors (Lipinski definition) is 4. The van der Waals surface area contributed by atoms with Crippen LogP contribution in [0.3, 0.4) is 0 Å². The molecule has 1 aromatic carbocycles. The van der Waals surface area contributed by atoms with Crippen LogP contribution in [0.15, 0.2) is 22.7 Å². The van der Waals surface area contributed by atoms with Crippen LogP contribution in [0, 0.1) is 26.9 Å². The van der Waals surface area contributed by atoms with Gasteiger partial charge in [0.25, 0.3) is 5.69 Å². The summed E-state index contributed by atoms with van der Waals surface area (Å²) in [6.45, 7) is 4.86. The third-order valence-electron chi connectivity index (χ3n) is 2.83. The van der Waals surface area contributed by atoms with E-state index in [0.29, 0.717) is 17.4 Å². The van der Waals surface area contributed by atoms with Crippen molar-refractivity contribution in [2.75, 3.05) is 11.9 Å². The second-order valence-electron chi connectivity index (χ2n) is 5.10. The quantitative estimate of drug-likeness (QED) is 0.630. The largest absolute Gasteiger partial charge is 0.384 e. The van der Waals surface area contributed by atoms with Crippen molar-refractivity contribution in [1.82, 2.24) is 0 Å². The highest BCUT2D eigenvalue weighted by atomic mass is 79.9. The lowest BCUT2D eigenvalue weighted by molar-refractivity contribution is -0.384.